The Labute approximate surface area is 126 Å². The van der Waals surface area contributed by atoms with Crippen LogP contribution in [0.2, 0.25) is 0 Å². The lowest BCUT2D eigenvalue weighted by Gasteiger charge is -2.18. The zero-order chi connectivity index (χ0) is 15.3. The maximum Gasteiger partial charge on any atom is 0.327 e. The van der Waals surface area contributed by atoms with E-state index in [9.17, 15) is 9.90 Å². The third-order valence-electron chi connectivity index (χ3n) is 4.15. The first-order valence-electron chi connectivity index (χ1n) is 7.26. The highest BCUT2D eigenvalue weighted by atomic mass is 16.4. The molecule has 0 aliphatic carbocycles. The van der Waals surface area contributed by atoms with E-state index < -0.39 is 12.0 Å². The summed E-state index contributed by atoms with van der Waals surface area (Å²) in [5.74, 6) is -0.175. The SMILES string of the molecule is Cc1ccc2[nH]cc(-c3nc4c([nH]3)CCN[C@@H]4C(=O)O)c2c1. The van der Waals surface area contributed by atoms with Crippen molar-refractivity contribution in [2.24, 2.45) is 0 Å². The summed E-state index contributed by atoms with van der Waals surface area (Å²) in [6, 6.07) is 5.47. The Balaban J connectivity index is 1.86. The van der Waals surface area contributed by atoms with Crippen LogP contribution in [0.4, 0.5) is 0 Å². The van der Waals surface area contributed by atoms with Gasteiger partial charge >= 0.3 is 5.97 Å². The summed E-state index contributed by atoms with van der Waals surface area (Å²) in [5, 5.41) is 13.4. The van der Waals surface area contributed by atoms with E-state index >= 15 is 0 Å². The van der Waals surface area contributed by atoms with E-state index in [0.717, 1.165) is 34.4 Å². The van der Waals surface area contributed by atoms with Crippen molar-refractivity contribution in [1.29, 1.82) is 0 Å². The van der Waals surface area contributed by atoms with Crippen LogP contribution in [0.25, 0.3) is 22.3 Å². The maximum absolute atomic E-state index is 11.3. The molecule has 1 aliphatic rings. The van der Waals surface area contributed by atoms with E-state index in [0.29, 0.717) is 12.2 Å². The Hall–Kier alpha value is -2.60. The Kier molecular flexibility index (Phi) is 2.80. The van der Waals surface area contributed by atoms with Crippen molar-refractivity contribution in [2.45, 2.75) is 19.4 Å². The van der Waals surface area contributed by atoms with Crippen LogP contribution in [0, 0.1) is 6.92 Å². The highest BCUT2D eigenvalue weighted by Gasteiger charge is 2.29. The molecule has 4 N–H and O–H groups in total. The van der Waals surface area contributed by atoms with E-state index in [-0.39, 0.29) is 0 Å². The first-order valence-corrected chi connectivity index (χ1v) is 7.26. The van der Waals surface area contributed by atoms with Crippen molar-refractivity contribution < 1.29 is 9.90 Å². The molecule has 1 atom stereocenters. The smallest absolute Gasteiger partial charge is 0.327 e. The molecule has 0 spiro atoms. The number of aromatic amines is 2. The van der Waals surface area contributed by atoms with Gasteiger partial charge in [0.25, 0.3) is 0 Å². The van der Waals surface area contributed by atoms with Gasteiger partial charge in [0.15, 0.2) is 6.04 Å². The lowest BCUT2D eigenvalue weighted by Crippen LogP contribution is -2.35. The van der Waals surface area contributed by atoms with Gasteiger partial charge in [0.2, 0.25) is 0 Å². The summed E-state index contributed by atoms with van der Waals surface area (Å²) in [5.41, 5.74) is 4.69. The van der Waals surface area contributed by atoms with Gasteiger partial charge in [-0.2, -0.15) is 0 Å². The molecule has 1 aromatic carbocycles. The molecule has 0 fully saturated rings. The number of carboxylic acid groups (broad SMARTS) is 1. The first kappa shape index (κ1) is 13.1. The zero-order valence-corrected chi connectivity index (χ0v) is 12.1. The van der Waals surface area contributed by atoms with Crippen LogP contribution in [0.3, 0.4) is 0 Å². The third kappa shape index (κ3) is 1.92. The Bertz CT molecular complexity index is 878. The number of carboxylic acids is 1. The van der Waals surface area contributed by atoms with Gasteiger partial charge < -0.3 is 15.1 Å². The number of hydrogen-bond donors (Lipinski definition) is 4. The minimum absolute atomic E-state index is 0.593. The van der Waals surface area contributed by atoms with Crippen LogP contribution in [0.1, 0.15) is 23.0 Å². The maximum atomic E-state index is 11.3. The first-order chi connectivity index (χ1) is 10.6. The van der Waals surface area contributed by atoms with E-state index in [1.54, 1.807) is 0 Å². The summed E-state index contributed by atoms with van der Waals surface area (Å²) in [6.07, 6.45) is 2.67. The number of aryl methyl sites for hydroxylation is 1. The quantitative estimate of drug-likeness (QED) is 0.583. The van der Waals surface area contributed by atoms with Gasteiger partial charge in [-0.05, 0) is 19.1 Å². The Morgan fingerprint density at radius 3 is 3.09 bits per heavy atom. The number of hydrogen-bond acceptors (Lipinski definition) is 3. The normalized spacial score (nSPS) is 17.6. The molecule has 0 saturated carbocycles. The molecular formula is C16H16N4O2. The molecule has 0 saturated heterocycles. The van der Waals surface area contributed by atoms with Crippen LogP contribution < -0.4 is 5.32 Å². The van der Waals surface area contributed by atoms with Crippen LogP contribution in [0.5, 0.6) is 0 Å². The van der Waals surface area contributed by atoms with E-state index in [4.69, 9.17) is 0 Å². The Morgan fingerprint density at radius 1 is 1.41 bits per heavy atom. The number of rotatable bonds is 2. The average molecular weight is 296 g/mol. The molecule has 0 unspecified atom stereocenters. The van der Waals surface area contributed by atoms with Gasteiger partial charge in [-0.3, -0.25) is 10.1 Å². The standard InChI is InChI=1S/C16H16N4O2/c1-8-2-3-11-9(6-8)10(7-18-11)15-19-12-4-5-17-14(16(21)22)13(12)20-15/h2-3,6-7,14,17-18H,4-5H2,1H3,(H,19,20)(H,21,22)/t14-/m0/s1. The number of fused-ring (bicyclic) bond motifs is 2. The topological polar surface area (TPSA) is 93.8 Å². The highest BCUT2D eigenvalue weighted by Crippen LogP contribution is 2.30. The molecule has 4 rings (SSSR count). The van der Waals surface area contributed by atoms with E-state index in [1.165, 1.54) is 5.56 Å². The fourth-order valence-corrected chi connectivity index (χ4v) is 3.05. The van der Waals surface area contributed by atoms with Crippen LogP contribution in [-0.4, -0.2) is 32.6 Å². The molecule has 0 bridgehead atoms. The second-order valence-electron chi connectivity index (χ2n) is 5.68. The largest absolute Gasteiger partial charge is 0.480 e. The summed E-state index contributed by atoms with van der Waals surface area (Å²) in [4.78, 5) is 22.4. The highest BCUT2D eigenvalue weighted by molar-refractivity contribution is 5.94. The number of nitrogens with zero attached hydrogens (tertiary/aromatic N) is 1. The number of nitrogens with one attached hydrogen (secondary N) is 3. The van der Waals surface area contributed by atoms with E-state index in [1.807, 2.05) is 19.2 Å². The van der Waals surface area contributed by atoms with Crippen molar-refractivity contribution >= 4 is 16.9 Å². The molecule has 3 heterocycles. The number of benzene rings is 1. The molecule has 22 heavy (non-hydrogen) atoms. The summed E-state index contributed by atoms with van der Waals surface area (Å²) >= 11 is 0. The summed E-state index contributed by atoms with van der Waals surface area (Å²) < 4.78 is 0. The van der Waals surface area contributed by atoms with Crippen molar-refractivity contribution in [3.05, 3.63) is 41.3 Å². The molecular weight excluding hydrogens is 280 g/mol. The van der Waals surface area contributed by atoms with Crippen molar-refractivity contribution in [1.82, 2.24) is 20.3 Å². The van der Waals surface area contributed by atoms with Gasteiger partial charge in [0.1, 0.15) is 5.82 Å². The van der Waals surface area contributed by atoms with Gasteiger partial charge in [-0.25, -0.2) is 4.98 Å². The molecule has 1 aliphatic heterocycles. The second kappa shape index (κ2) is 4.71. The summed E-state index contributed by atoms with van der Waals surface area (Å²) in [7, 11) is 0. The number of aliphatic carboxylic acids is 1. The van der Waals surface area contributed by atoms with Crippen LogP contribution in [0.15, 0.2) is 24.4 Å². The third-order valence-corrected chi connectivity index (χ3v) is 4.15. The lowest BCUT2D eigenvalue weighted by molar-refractivity contribution is -0.139. The van der Waals surface area contributed by atoms with Gasteiger partial charge in [0.05, 0.1) is 5.69 Å². The molecule has 2 aromatic heterocycles. The number of aromatic nitrogens is 3. The predicted octanol–water partition coefficient (Wildman–Crippen LogP) is 2.14. The minimum Gasteiger partial charge on any atom is -0.480 e. The van der Waals surface area contributed by atoms with Gasteiger partial charge in [0, 0.05) is 41.3 Å². The van der Waals surface area contributed by atoms with Gasteiger partial charge in [-0.15, -0.1) is 0 Å². The molecule has 3 aromatic rings. The Morgan fingerprint density at radius 2 is 2.27 bits per heavy atom. The van der Waals surface area contributed by atoms with Crippen LogP contribution >= 0.6 is 0 Å². The number of H-pyrrole nitrogens is 2. The molecule has 112 valence electrons. The minimum atomic E-state index is -0.895. The fourth-order valence-electron chi connectivity index (χ4n) is 3.05. The fraction of sp³-hybridized carbons (Fsp3) is 0.250. The van der Waals surface area contributed by atoms with Crippen LogP contribution in [-0.2, 0) is 11.2 Å². The van der Waals surface area contributed by atoms with Crippen molar-refractivity contribution in [2.75, 3.05) is 6.54 Å². The lowest BCUT2D eigenvalue weighted by atomic mass is 10.1. The average Bonchev–Trinajstić information content (AvgIpc) is 3.08. The van der Waals surface area contributed by atoms with Crippen molar-refractivity contribution in [3.63, 3.8) is 0 Å². The predicted molar refractivity (Wildman–Crippen MR) is 82.7 cm³/mol. The number of imidazole rings is 1. The molecule has 6 heteroatoms. The van der Waals surface area contributed by atoms with Gasteiger partial charge in [-0.1, -0.05) is 11.6 Å². The second-order valence-corrected chi connectivity index (χ2v) is 5.68. The molecule has 0 radical (unpaired) electrons. The molecule has 6 nitrogen and oxygen atoms in total. The zero-order valence-electron chi connectivity index (χ0n) is 12.1. The summed E-state index contributed by atoms with van der Waals surface area (Å²) in [6.45, 7) is 2.69. The monoisotopic (exact) mass is 296 g/mol. The molecule has 0 amide bonds. The van der Waals surface area contributed by atoms with E-state index in [2.05, 4.69) is 32.4 Å². The number of carbonyl (C=O) groups is 1. The van der Waals surface area contributed by atoms with Crippen molar-refractivity contribution in [3.8, 4) is 11.4 Å².